The third-order valence-electron chi connectivity index (χ3n) is 3.93. The maximum absolute atomic E-state index is 12.7. The third-order valence-corrected chi connectivity index (χ3v) is 5.31. The SMILES string of the molecule is C=C(Cc1cccc(S(=O)(=O)Nc2ccc3ccccc3c2)c1)C(=O)O. The summed E-state index contributed by atoms with van der Waals surface area (Å²) in [6, 6.07) is 19.2. The number of fused-ring (bicyclic) bond motifs is 1. The van der Waals surface area contributed by atoms with Crippen molar-refractivity contribution in [3.05, 3.63) is 84.4 Å². The largest absolute Gasteiger partial charge is 0.478 e. The zero-order valence-electron chi connectivity index (χ0n) is 13.8. The van der Waals surface area contributed by atoms with Crippen LogP contribution < -0.4 is 4.72 Å². The van der Waals surface area contributed by atoms with Gasteiger partial charge in [0.25, 0.3) is 10.0 Å². The molecule has 0 unspecified atom stereocenters. The lowest BCUT2D eigenvalue weighted by Crippen LogP contribution is -2.13. The first-order valence-corrected chi connectivity index (χ1v) is 9.35. The van der Waals surface area contributed by atoms with E-state index in [2.05, 4.69) is 11.3 Å². The molecule has 3 rings (SSSR count). The minimum Gasteiger partial charge on any atom is -0.478 e. The standard InChI is InChI=1S/C20H17NO4S/c1-14(20(22)23)11-15-5-4-8-19(12-15)26(24,25)21-18-10-9-16-6-2-3-7-17(16)13-18/h2-10,12-13,21H,1,11H2,(H,22,23). The van der Waals surface area contributed by atoms with Gasteiger partial charge in [-0.05, 0) is 40.6 Å². The van der Waals surface area contributed by atoms with Crippen LogP contribution in [0.4, 0.5) is 5.69 Å². The third kappa shape index (κ3) is 3.92. The highest BCUT2D eigenvalue weighted by Crippen LogP contribution is 2.22. The predicted molar refractivity (Wildman–Crippen MR) is 102 cm³/mol. The molecule has 0 heterocycles. The molecule has 0 spiro atoms. The number of hydrogen-bond acceptors (Lipinski definition) is 3. The van der Waals surface area contributed by atoms with Crippen LogP contribution in [0.15, 0.2) is 83.8 Å². The normalized spacial score (nSPS) is 11.2. The van der Waals surface area contributed by atoms with E-state index < -0.39 is 16.0 Å². The van der Waals surface area contributed by atoms with Gasteiger partial charge in [0, 0.05) is 17.7 Å². The number of carboxylic acid groups (broad SMARTS) is 1. The summed E-state index contributed by atoms with van der Waals surface area (Å²) < 4.78 is 27.9. The molecule has 0 fully saturated rings. The summed E-state index contributed by atoms with van der Waals surface area (Å²) in [6.45, 7) is 3.47. The van der Waals surface area contributed by atoms with Crippen LogP contribution in [-0.4, -0.2) is 19.5 Å². The van der Waals surface area contributed by atoms with Crippen molar-refractivity contribution in [3.63, 3.8) is 0 Å². The molecule has 2 N–H and O–H groups in total. The Hall–Kier alpha value is -3.12. The van der Waals surface area contributed by atoms with E-state index in [4.69, 9.17) is 5.11 Å². The number of benzene rings is 3. The van der Waals surface area contributed by atoms with Gasteiger partial charge < -0.3 is 5.11 Å². The second-order valence-electron chi connectivity index (χ2n) is 5.90. The molecule has 0 saturated heterocycles. The molecule has 0 aromatic heterocycles. The quantitative estimate of drug-likeness (QED) is 0.649. The summed E-state index contributed by atoms with van der Waals surface area (Å²) in [6.07, 6.45) is 0.0780. The lowest BCUT2D eigenvalue weighted by atomic mass is 10.1. The Morgan fingerprint density at radius 2 is 1.69 bits per heavy atom. The molecular weight excluding hydrogens is 350 g/mol. The minimum absolute atomic E-state index is 0.00189. The average molecular weight is 367 g/mol. The van der Waals surface area contributed by atoms with E-state index in [-0.39, 0.29) is 16.9 Å². The highest BCUT2D eigenvalue weighted by atomic mass is 32.2. The highest BCUT2D eigenvalue weighted by Gasteiger charge is 2.15. The average Bonchev–Trinajstić information content (AvgIpc) is 2.61. The van der Waals surface area contributed by atoms with E-state index in [1.54, 1.807) is 24.3 Å². The van der Waals surface area contributed by atoms with Gasteiger partial charge in [-0.15, -0.1) is 0 Å². The van der Waals surface area contributed by atoms with E-state index in [1.165, 1.54) is 12.1 Å². The molecular formula is C20H17NO4S. The molecule has 5 nitrogen and oxygen atoms in total. The number of carboxylic acids is 1. The summed E-state index contributed by atoms with van der Waals surface area (Å²) in [4.78, 5) is 11.0. The summed E-state index contributed by atoms with van der Waals surface area (Å²) in [5.74, 6) is -1.10. The van der Waals surface area contributed by atoms with Crippen molar-refractivity contribution in [2.75, 3.05) is 4.72 Å². The fraction of sp³-hybridized carbons (Fsp3) is 0.0500. The zero-order valence-corrected chi connectivity index (χ0v) is 14.7. The van der Waals surface area contributed by atoms with E-state index >= 15 is 0 Å². The summed E-state index contributed by atoms with van der Waals surface area (Å²) >= 11 is 0. The highest BCUT2D eigenvalue weighted by molar-refractivity contribution is 7.92. The first-order chi connectivity index (χ1) is 12.3. The molecule has 0 bridgehead atoms. The fourth-order valence-electron chi connectivity index (χ4n) is 2.61. The maximum atomic E-state index is 12.7. The topological polar surface area (TPSA) is 83.5 Å². The predicted octanol–water partition coefficient (Wildman–Crippen LogP) is 3.82. The summed E-state index contributed by atoms with van der Waals surface area (Å²) in [5, 5.41) is 10.9. The van der Waals surface area contributed by atoms with Crippen LogP contribution in [0.5, 0.6) is 0 Å². The molecule has 3 aromatic carbocycles. The minimum atomic E-state index is -3.79. The number of aliphatic carboxylic acids is 1. The van der Waals surface area contributed by atoms with Crippen LogP contribution >= 0.6 is 0 Å². The zero-order chi connectivity index (χ0) is 18.7. The summed E-state index contributed by atoms with van der Waals surface area (Å²) in [5.41, 5.74) is 1.03. The second kappa shape index (κ2) is 7.01. The van der Waals surface area contributed by atoms with Gasteiger partial charge in [0.1, 0.15) is 0 Å². The summed E-state index contributed by atoms with van der Waals surface area (Å²) in [7, 11) is -3.79. The molecule has 0 aliphatic carbocycles. The van der Waals surface area contributed by atoms with Gasteiger partial charge in [-0.3, -0.25) is 4.72 Å². The molecule has 0 saturated carbocycles. The van der Waals surface area contributed by atoms with Gasteiger partial charge in [-0.1, -0.05) is 49.0 Å². The molecule has 26 heavy (non-hydrogen) atoms. The van der Waals surface area contributed by atoms with Gasteiger partial charge in [0.15, 0.2) is 0 Å². The van der Waals surface area contributed by atoms with Crippen molar-refractivity contribution < 1.29 is 18.3 Å². The van der Waals surface area contributed by atoms with E-state index in [1.807, 2.05) is 30.3 Å². The lowest BCUT2D eigenvalue weighted by Gasteiger charge is -2.10. The van der Waals surface area contributed by atoms with Crippen molar-refractivity contribution in [1.82, 2.24) is 0 Å². The number of carbonyl (C=O) groups is 1. The van der Waals surface area contributed by atoms with Crippen molar-refractivity contribution in [1.29, 1.82) is 0 Å². The van der Waals surface area contributed by atoms with Gasteiger partial charge in [-0.2, -0.15) is 0 Å². The van der Waals surface area contributed by atoms with Crippen molar-refractivity contribution in [2.45, 2.75) is 11.3 Å². The number of nitrogens with one attached hydrogen (secondary N) is 1. The molecule has 0 radical (unpaired) electrons. The Bertz CT molecular complexity index is 1100. The Kier molecular flexibility index (Phi) is 4.77. The van der Waals surface area contributed by atoms with Crippen molar-refractivity contribution in [2.24, 2.45) is 0 Å². The van der Waals surface area contributed by atoms with Gasteiger partial charge in [-0.25, -0.2) is 13.2 Å². The second-order valence-corrected chi connectivity index (χ2v) is 7.58. The first kappa shape index (κ1) is 17.7. The van der Waals surface area contributed by atoms with Gasteiger partial charge in [0.05, 0.1) is 4.90 Å². The molecule has 0 atom stereocenters. The van der Waals surface area contributed by atoms with Crippen LogP contribution in [0.2, 0.25) is 0 Å². The molecule has 0 aliphatic rings. The fourth-order valence-corrected chi connectivity index (χ4v) is 3.73. The molecule has 0 aliphatic heterocycles. The van der Waals surface area contributed by atoms with Crippen LogP contribution in [0, 0.1) is 0 Å². The number of hydrogen-bond donors (Lipinski definition) is 2. The Morgan fingerprint density at radius 1 is 0.962 bits per heavy atom. The molecule has 0 amide bonds. The number of rotatable bonds is 6. The smallest absolute Gasteiger partial charge is 0.331 e. The molecule has 6 heteroatoms. The lowest BCUT2D eigenvalue weighted by molar-refractivity contribution is -0.132. The maximum Gasteiger partial charge on any atom is 0.331 e. The van der Waals surface area contributed by atoms with Crippen molar-refractivity contribution >= 4 is 32.5 Å². The molecule has 132 valence electrons. The van der Waals surface area contributed by atoms with Gasteiger partial charge >= 0.3 is 5.97 Å². The first-order valence-electron chi connectivity index (χ1n) is 7.87. The Balaban J connectivity index is 1.87. The van der Waals surface area contributed by atoms with Crippen LogP contribution in [0.25, 0.3) is 10.8 Å². The van der Waals surface area contributed by atoms with E-state index in [9.17, 15) is 13.2 Å². The number of sulfonamides is 1. The van der Waals surface area contributed by atoms with Crippen LogP contribution in [0.1, 0.15) is 5.56 Å². The van der Waals surface area contributed by atoms with Gasteiger partial charge in [0.2, 0.25) is 0 Å². The van der Waals surface area contributed by atoms with E-state index in [0.29, 0.717) is 11.3 Å². The van der Waals surface area contributed by atoms with Crippen LogP contribution in [-0.2, 0) is 21.2 Å². The number of anilines is 1. The van der Waals surface area contributed by atoms with E-state index in [0.717, 1.165) is 10.8 Å². The molecule has 3 aromatic rings. The Morgan fingerprint density at radius 3 is 2.42 bits per heavy atom. The van der Waals surface area contributed by atoms with Crippen molar-refractivity contribution in [3.8, 4) is 0 Å². The monoisotopic (exact) mass is 367 g/mol. The Labute approximate surface area is 151 Å². The van der Waals surface area contributed by atoms with Crippen LogP contribution in [0.3, 0.4) is 0 Å².